The van der Waals surface area contributed by atoms with Crippen LogP contribution < -0.4 is 4.74 Å². The largest absolute Gasteiger partial charge is 0.494 e. The molecule has 0 fully saturated rings. The standard InChI is InChI=1S/C13H15FO4/c1-17-6-5-10(15)8-12(16)9-3-4-13(18-2)11(14)7-9/h3-4,7H,5-6,8H2,1-2H3. The Balaban J connectivity index is 2.67. The second-order valence-electron chi connectivity index (χ2n) is 3.73. The third kappa shape index (κ3) is 3.92. The summed E-state index contributed by atoms with van der Waals surface area (Å²) in [6, 6.07) is 3.88. The van der Waals surface area contributed by atoms with Gasteiger partial charge in [-0.3, -0.25) is 9.59 Å². The van der Waals surface area contributed by atoms with Crippen LogP contribution in [0.15, 0.2) is 18.2 Å². The number of carbonyl (C=O) groups excluding carboxylic acids is 2. The molecule has 1 aromatic carbocycles. The van der Waals surface area contributed by atoms with Crippen molar-refractivity contribution in [1.82, 2.24) is 0 Å². The van der Waals surface area contributed by atoms with E-state index >= 15 is 0 Å². The predicted molar refractivity (Wildman–Crippen MR) is 63.4 cm³/mol. The molecule has 0 bridgehead atoms. The van der Waals surface area contributed by atoms with Crippen molar-refractivity contribution in [3.8, 4) is 5.75 Å². The van der Waals surface area contributed by atoms with E-state index in [0.717, 1.165) is 6.07 Å². The van der Waals surface area contributed by atoms with Gasteiger partial charge in [0.15, 0.2) is 17.3 Å². The molecule has 0 unspecified atom stereocenters. The van der Waals surface area contributed by atoms with Gasteiger partial charge in [0, 0.05) is 19.1 Å². The van der Waals surface area contributed by atoms with Gasteiger partial charge in [0.05, 0.1) is 20.1 Å². The molecule has 0 radical (unpaired) electrons. The molecule has 1 aromatic rings. The van der Waals surface area contributed by atoms with Gasteiger partial charge in [0.25, 0.3) is 0 Å². The topological polar surface area (TPSA) is 52.6 Å². The van der Waals surface area contributed by atoms with Gasteiger partial charge in [-0.2, -0.15) is 0 Å². The number of rotatable bonds is 7. The zero-order valence-electron chi connectivity index (χ0n) is 10.4. The molecule has 0 N–H and O–H groups in total. The van der Waals surface area contributed by atoms with Crippen LogP contribution in [0, 0.1) is 5.82 Å². The summed E-state index contributed by atoms with van der Waals surface area (Å²) >= 11 is 0. The SMILES string of the molecule is COCCC(=O)CC(=O)c1ccc(OC)c(F)c1. The number of hydrogen-bond donors (Lipinski definition) is 0. The number of hydrogen-bond acceptors (Lipinski definition) is 4. The zero-order chi connectivity index (χ0) is 13.5. The van der Waals surface area contributed by atoms with E-state index in [0.29, 0.717) is 0 Å². The van der Waals surface area contributed by atoms with Crippen LogP contribution >= 0.6 is 0 Å². The summed E-state index contributed by atoms with van der Waals surface area (Å²) in [4.78, 5) is 23.1. The normalized spacial score (nSPS) is 10.2. The molecule has 5 heteroatoms. The first-order chi connectivity index (χ1) is 8.58. The zero-order valence-corrected chi connectivity index (χ0v) is 10.4. The van der Waals surface area contributed by atoms with Crippen LogP contribution in [0.1, 0.15) is 23.2 Å². The second-order valence-corrected chi connectivity index (χ2v) is 3.73. The number of halogens is 1. The average molecular weight is 254 g/mol. The first kappa shape index (κ1) is 14.3. The van der Waals surface area contributed by atoms with Crippen molar-refractivity contribution in [2.75, 3.05) is 20.8 Å². The monoisotopic (exact) mass is 254 g/mol. The van der Waals surface area contributed by atoms with Crippen LogP contribution in [0.4, 0.5) is 4.39 Å². The Kier molecular flexibility index (Phi) is 5.45. The van der Waals surface area contributed by atoms with Gasteiger partial charge >= 0.3 is 0 Å². The lowest BCUT2D eigenvalue weighted by Gasteiger charge is -2.04. The fourth-order valence-electron chi connectivity index (χ4n) is 1.43. The van der Waals surface area contributed by atoms with Gasteiger partial charge in [-0.15, -0.1) is 0 Å². The van der Waals surface area contributed by atoms with E-state index in [1.807, 2.05) is 0 Å². The van der Waals surface area contributed by atoms with E-state index in [2.05, 4.69) is 0 Å². The van der Waals surface area contributed by atoms with Gasteiger partial charge in [-0.05, 0) is 18.2 Å². The summed E-state index contributed by atoms with van der Waals surface area (Å²) in [6.07, 6.45) is -0.0595. The highest BCUT2D eigenvalue weighted by Crippen LogP contribution is 2.18. The highest BCUT2D eigenvalue weighted by Gasteiger charge is 2.13. The van der Waals surface area contributed by atoms with E-state index in [-0.39, 0.29) is 36.5 Å². The van der Waals surface area contributed by atoms with Crippen molar-refractivity contribution in [3.05, 3.63) is 29.6 Å². The van der Waals surface area contributed by atoms with Gasteiger partial charge in [-0.25, -0.2) is 4.39 Å². The van der Waals surface area contributed by atoms with Crippen molar-refractivity contribution < 1.29 is 23.5 Å². The lowest BCUT2D eigenvalue weighted by molar-refractivity contribution is -0.119. The lowest BCUT2D eigenvalue weighted by Crippen LogP contribution is -2.10. The first-order valence-electron chi connectivity index (χ1n) is 5.46. The molecule has 18 heavy (non-hydrogen) atoms. The van der Waals surface area contributed by atoms with Gasteiger partial charge in [-0.1, -0.05) is 0 Å². The molecule has 0 saturated carbocycles. The maximum absolute atomic E-state index is 13.4. The third-order valence-corrected chi connectivity index (χ3v) is 2.42. The van der Waals surface area contributed by atoms with Crippen molar-refractivity contribution >= 4 is 11.6 Å². The highest BCUT2D eigenvalue weighted by molar-refractivity contribution is 6.08. The quantitative estimate of drug-likeness (QED) is 0.551. The Labute approximate surface area is 105 Å². The van der Waals surface area contributed by atoms with Crippen molar-refractivity contribution in [1.29, 1.82) is 0 Å². The summed E-state index contributed by atoms with van der Waals surface area (Å²) in [5.41, 5.74) is 0.166. The minimum Gasteiger partial charge on any atom is -0.494 e. The van der Waals surface area contributed by atoms with Crippen LogP contribution in [0.2, 0.25) is 0 Å². The van der Waals surface area contributed by atoms with Crippen molar-refractivity contribution in [2.24, 2.45) is 0 Å². The Morgan fingerprint density at radius 1 is 1.28 bits per heavy atom. The van der Waals surface area contributed by atoms with Gasteiger partial charge in [0.2, 0.25) is 0 Å². The molecule has 98 valence electrons. The Morgan fingerprint density at radius 2 is 2.00 bits per heavy atom. The average Bonchev–Trinajstić information content (AvgIpc) is 2.36. The van der Waals surface area contributed by atoms with E-state index in [9.17, 15) is 14.0 Å². The molecule has 0 amide bonds. The minimum absolute atomic E-state index is 0.0669. The van der Waals surface area contributed by atoms with E-state index in [1.165, 1.54) is 26.4 Å². The molecule has 0 atom stereocenters. The molecular formula is C13H15FO4. The number of Topliss-reactive ketones (excluding diaryl/α,β-unsaturated/α-hetero) is 2. The fourth-order valence-corrected chi connectivity index (χ4v) is 1.43. The molecule has 4 nitrogen and oxygen atoms in total. The number of carbonyl (C=O) groups is 2. The number of benzene rings is 1. The maximum Gasteiger partial charge on any atom is 0.170 e. The van der Waals surface area contributed by atoms with E-state index in [1.54, 1.807) is 0 Å². The van der Waals surface area contributed by atoms with E-state index < -0.39 is 11.6 Å². The van der Waals surface area contributed by atoms with Crippen LogP contribution in [-0.4, -0.2) is 32.4 Å². The van der Waals surface area contributed by atoms with Crippen LogP contribution in [0.25, 0.3) is 0 Å². The fraction of sp³-hybridized carbons (Fsp3) is 0.385. The Hall–Kier alpha value is -1.75. The lowest BCUT2D eigenvalue weighted by atomic mass is 10.0. The molecule has 0 aliphatic heterocycles. The molecule has 0 aromatic heterocycles. The molecule has 0 heterocycles. The van der Waals surface area contributed by atoms with Crippen LogP contribution in [0.3, 0.4) is 0 Å². The smallest absolute Gasteiger partial charge is 0.170 e. The molecule has 1 rings (SSSR count). The summed E-state index contributed by atoms with van der Waals surface area (Å²) in [7, 11) is 2.82. The number of ketones is 2. The summed E-state index contributed by atoms with van der Waals surface area (Å²) in [5, 5.41) is 0. The summed E-state index contributed by atoms with van der Waals surface area (Å²) in [6.45, 7) is 0.281. The van der Waals surface area contributed by atoms with Crippen LogP contribution in [-0.2, 0) is 9.53 Å². The summed E-state index contributed by atoms with van der Waals surface area (Å²) in [5.74, 6) is -1.18. The van der Waals surface area contributed by atoms with Gasteiger partial charge < -0.3 is 9.47 Å². The Bertz CT molecular complexity index is 443. The Morgan fingerprint density at radius 3 is 2.56 bits per heavy atom. The van der Waals surface area contributed by atoms with Crippen molar-refractivity contribution in [2.45, 2.75) is 12.8 Å². The summed E-state index contributed by atoms with van der Waals surface area (Å²) < 4.78 is 22.9. The number of ether oxygens (including phenoxy) is 2. The molecule has 0 aliphatic rings. The molecule has 0 saturated heterocycles. The van der Waals surface area contributed by atoms with E-state index in [4.69, 9.17) is 9.47 Å². The molecule has 0 spiro atoms. The van der Waals surface area contributed by atoms with Gasteiger partial charge in [0.1, 0.15) is 5.78 Å². The maximum atomic E-state index is 13.4. The minimum atomic E-state index is -0.618. The molecule has 0 aliphatic carbocycles. The second kappa shape index (κ2) is 6.86. The number of methoxy groups -OCH3 is 2. The first-order valence-corrected chi connectivity index (χ1v) is 5.46. The highest BCUT2D eigenvalue weighted by atomic mass is 19.1. The van der Waals surface area contributed by atoms with Crippen LogP contribution in [0.5, 0.6) is 5.75 Å². The molecular weight excluding hydrogens is 239 g/mol. The third-order valence-electron chi connectivity index (χ3n) is 2.42. The van der Waals surface area contributed by atoms with Crippen molar-refractivity contribution in [3.63, 3.8) is 0 Å². The predicted octanol–water partition coefficient (Wildman–Crippen LogP) is 2.01.